The summed E-state index contributed by atoms with van der Waals surface area (Å²) < 4.78 is 31.7. The van der Waals surface area contributed by atoms with Gasteiger partial charge in [0.2, 0.25) is 11.8 Å². The van der Waals surface area contributed by atoms with E-state index in [4.69, 9.17) is 26.8 Å². The number of nitrogen functional groups attached to an aromatic ring is 1. The second-order valence-electron chi connectivity index (χ2n) is 10.4. The molecule has 0 radical (unpaired) electrons. The van der Waals surface area contributed by atoms with Crippen LogP contribution in [0.4, 0.5) is 13.2 Å². The molecule has 0 aliphatic carbocycles. The van der Waals surface area contributed by atoms with Crippen LogP contribution in [0.25, 0.3) is 0 Å². The number of amides is 4. The van der Waals surface area contributed by atoms with Crippen molar-refractivity contribution in [3.8, 4) is 0 Å². The predicted molar refractivity (Wildman–Crippen MR) is 164 cm³/mol. The first-order valence-electron chi connectivity index (χ1n) is 14.4. The van der Waals surface area contributed by atoms with Crippen LogP contribution >= 0.6 is 0 Å². The lowest BCUT2D eigenvalue weighted by Gasteiger charge is -2.40. The van der Waals surface area contributed by atoms with Crippen molar-refractivity contribution in [2.75, 3.05) is 39.3 Å². The zero-order valence-corrected chi connectivity index (χ0v) is 25.6. The van der Waals surface area contributed by atoms with Gasteiger partial charge < -0.3 is 42.1 Å². The number of halogens is 3. The summed E-state index contributed by atoms with van der Waals surface area (Å²) in [7, 11) is 0. The molecule has 1 saturated heterocycles. The minimum atomic E-state index is -5.08. The predicted octanol–water partition coefficient (Wildman–Crippen LogP) is 0.169. The highest BCUT2D eigenvalue weighted by atomic mass is 19.4. The van der Waals surface area contributed by atoms with Crippen LogP contribution in [0.15, 0.2) is 48.5 Å². The van der Waals surface area contributed by atoms with Crippen LogP contribution in [0.5, 0.6) is 0 Å². The SMILES string of the molecule is N=C(N)c1ccc(C(=O)NCCC[C@H]2C(=O)N(CC(=O)O)CCN2C(=O)CNC(=O)c2ccc(CCN)cc2)cc1.O=C(O)C(F)(F)F. The van der Waals surface area contributed by atoms with Crippen LogP contribution in [-0.2, 0) is 25.6 Å². The third-order valence-electron chi connectivity index (χ3n) is 6.92. The van der Waals surface area contributed by atoms with Crippen LogP contribution < -0.4 is 22.1 Å². The van der Waals surface area contributed by atoms with Gasteiger partial charge in [0, 0.05) is 36.3 Å². The molecular weight excluding hydrogens is 643 g/mol. The molecule has 260 valence electrons. The van der Waals surface area contributed by atoms with E-state index in [0.717, 1.165) is 5.56 Å². The number of benzene rings is 2. The number of carbonyl (C=O) groups is 6. The summed E-state index contributed by atoms with van der Waals surface area (Å²) in [6.45, 7) is 0.0370. The summed E-state index contributed by atoms with van der Waals surface area (Å²) in [6, 6.07) is 12.2. The average Bonchev–Trinajstić information content (AvgIpc) is 3.03. The number of rotatable bonds is 13. The zero-order chi connectivity index (χ0) is 36.0. The van der Waals surface area contributed by atoms with Crippen molar-refractivity contribution < 1.29 is 52.2 Å². The number of alkyl halides is 3. The highest BCUT2D eigenvalue weighted by Gasteiger charge is 2.39. The van der Waals surface area contributed by atoms with Crippen LogP contribution in [0.3, 0.4) is 0 Å². The first-order valence-corrected chi connectivity index (χ1v) is 14.4. The Morgan fingerprint density at radius 2 is 1.42 bits per heavy atom. The molecule has 0 bridgehead atoms. The molecule has 2 aromatic rings. The van der Waals surface area contributed by atoms with E-state index in [1.54, 1.807) is 48.5 Å². The van der Waals surface area contributed by atoms with Crippen molar-refractivity contribution >= 4 is 41.4 Å². The number of carboxylic acid groups (broad SMARTS) is 2. The number of aliphatic carboxylic acids is 2. The molecule has 2 aromatic carbocycles. The van der Waals surface area contributed by atoms with Gasteiger partial charge in [0.25, 0.3) is 11.8 Å². The van der Waals surface area contributed by atoms with Gasteiger partial charge in [-0.05, 0) is 55.6 Å². The van der Waals surface area contributed by atoms with Gasteiger partial charge >= 0.3 is 18.1 Å². The Labute approximate surface area is 272 Å². The Kier molecular flexibility index (Phi) is 14.5. The van der Waals surface area contributed by atoms with E-state index >= 15 is 0 Å². The second-order valence-corrected chi connectivity index (χ2v) is 10.4. The van der Waals surface area contributed by atoms with Crippen LogP contribution in [0.1, 0.15) is 44.7 Å². The number of hydrogen-bond donors (Lipinski definition) is 7. The summed E-state index contributed by atoms with van der Waals surface area (Å²) in [6.07, 6.45) is -3.89. The quantitative estimate of drug-likeness (QED) is 0.0859. The molecule has 0 saturated carbocycles. The molecule has 1 atom stereocenters. The number of carbonyl (C=O) groups excluding carboxylic acids is 4. The topological polar surface area (TPSA) is 249 Å². The molecule has 1 aliphatic rings. The molecule has 18 heteroatoms. The minimum absolute atomic E-state index is 0.0525. The van der Waals surface area contributed by atoms with Gasteiger partial charge in [0.15, 0.2) is 0 Å². The Hall–Kier alpha value is -5.52. The van der Waals surface area contributed by atoms with Crippen LogP contribution in [-0.4, -0.2) is 113 Å². The molecule has 48 heavy (non-hydrogen) atoms. The number of nitrogens with two attached hydrogens (primary N) is 2. The van der Waals surface area contributed by atoms with Crippen molar-refractivity contribution in [3.63, 3.8) is 0 Å². The van der Waals surface area contributed by atoms with Crippen molar-refractivity contribution in [3.05, 3.63) is 70.8 Å². The summed E-state index contributed by atoms with van der Waals surface area (Å²) in [5, 5.41) is 29.1. The number of hydrogen-bond acceptors (Lipinski definition) is 8. The number of piperazine rings is 1. The minimum Gasteiger partial charge on any atom is -0.480 e. The fourth-order valence-electron chi connectivity index (χ4n) is 4.49. The zero-order valence-electron chi connectivity index (χ0n) is 25.6. The summed E-state index contributed by atoms with van der Waals surface area (Å²) >= 11 is 0. The highest BCUT2D eigenvalue weighted by molar-refractivity contribution is 5.99. The average molecular weight is 680 g/mol. The fourth-order valence-corrected chi connectivity index (χ4v) is 4.49. The highest BCUT2D eigenvalue weighted by Crippen LogP contribution is 2.17. The third kappa shape index (κ3) is 12.0. The Balaban J connectivity index is 0.00000103. The number of nitrogens with zero attached hydrogens (tertiary/aromatic N) is 2. The second kappa shape index (κ2) is 18.0. The Morgan fingerprint density at radius 1 is 0.896 bits per heavy atom. The van der Waals surface area contributed by atoms with Crippen molar-refractivity contribution in [2.24, 2.45) is 11.5 Å². The van der Waals surface area contributed by atoms with E-state index in [2.05, 4.69) is 10.6 Å². The van der Waals surface area contributed by atoms with Crippen LogP contribution in [0, 0.1) is 5.41 Å². The van der Waals surface area contributed by atoms with Gasteiger partial charge in [0.05, 0.1) is 6.54 Å². The maximum atomic E-state index is 13.1. The maximum absolute atomic E-state index is 13.1. The molecule has 0 spiro atoms. The molecular formula is C30H36F3N7O8. The monoisotopic (exact) mass is 679 g/mol. The number of carboxylic acids is 2. The van der Waals surface area contributed by atoms with Gasteiger partial charge in [-0.3, -0.25) is 29.4 Å². The van der Waals surface area contributed by atoms with Gasteiger partial charge in [-0.1, -0.05) is 24.3 Å². The van der Waals surface area contributed by atoms with Gasteiger partial charge in [-0.2, -0.15) is 13.2 Å². The summed E-state index contributed by atoms with van der Waals surface area (Å²) in [5.41, 5.74) is 13.2. The molecule has 1 aliphatic heterocycles. The largest absolute Gasteiger partial charge is 0.490 e. The first kappa shape index (κ1) is 38.7. The summed E-state index contributed by atoms with van der Waals surface area (Å²) in [5.74, 6) is -5.79. The van der Waals surface area contributed by atoms with Gasteiger partial charge in [0.1, 0.15) is 18.4 Å². The smallest absolute Gasteiger partial charge is 0.480 e. The van der Waals surface area contributed by atoms with Crippen LogP contribution in [0.2, 0.25) is 0 Å². The van der Waals surface area contributed by atoms with Crippen molar-refractivity contribution in [1.82, 2.24) is 20.4 Å². The number of nitrogens with one attached hydrogen (secondary N) is 3. The standard InChI is InChI=1S/C28H35N7O6.C2HF3O2/c29-12-11-18-3-5-20(6-4-18)27(40)33-16-23(36)35-15-14-34(17-24(37)38)28(41)22(35)2-1-13-32-26(39)21-9-7-19(8-10-21)25(30)31;3-2(4,5)1(6)7/h3-10,22H,1-2,11-17,29H2,(H3,30,31)(H,32,39)(H,33,40)(H,37,38);(H,6,7)/t22-;/m0./s1. The van der Waals surface area contributed by atoms with E-state index in [1.165, 1.54) is 9.80 Å². The lowest BCUT2D eigenvalue weighted by Crippen LogP contribution is -2.60. The van der Waals surface area contributed by atoms with Gasteiger partial charge in [-0.15, -0.1) is 0 Å². The van der Waals surface area contributed by atoms with E-state index in [9.17, 15) is 42.3 Å². The normalized spacial score (nSPS) is 14.3. The molecule has 0 aromatic heterocycles. The van der Waals surface area contributed by atoms with E-state index < -0.39 is 48.4 Å². The lowest BCUT2D eigenvalue weighted by atomic mass is 10.0. The van der Waals surface area contributed by atoms with Crippen molar-refractivity contribution in [1.29, 1.82) is 5.41 Å². The third-order valence-corrected chi connectivity index (χ3v) is 6.92. The van der Waals surface area contributed by atoms with E-state index in [0.29, 0.717) is 36.1 Å². The van der Waals surface area contributed by atoms with E-state index in [-0.39, 0.29) is 44.3 Å². The molecule has 1 heterocycles. The maximum Gasteiger partial charge on any atom is 0.490 e. The molecule has 4 amide bonds. The van der Waals surface area contributed by atoms with E-state index in [1.807, 2.05) is 0 Å². The molecule has 1 fully saturated rings. The molecule has 0 unspecified atom stereocenters. The first-order chi connectivity index (χ1) is 22.5. The molecule has 9 N–H and O–H groups in total. The van der Waals surface area contributed by atoms with Crippen molar-refractivity contribution in [2.45, 2.75) is 31.5 Å². The Morgan fingerprint density at radius 3 is 1.92 bits per heavy atom. The fraction of sp³-hybridized carbons (Fsp3) is 0.367. The Bertz CT molecular complexity index is 1480. The molecule has 15 nitrogen and oxygen atoms in total. The number of amidine groups is 1. The lowest BCUT2D eigenvalue weighted by molar-refractivity contribution is -0.192. The molecule has 3 rings (SSSR count). The summed E-state index contributed by atoms with van der Waals surface area (Å²) in [4.78, 5) is 73.9. The van der Waals surface area contributed by atoms with Gasteiger partial charge in [-0.25, -0.2) is 4.79 Å².